The molecule has 0 spiro atoms. The summed E-state index contributed by atoms with van der Waals surface area (Å²) in [6.45, 7) is 5.07. The second kappa shape index (κ2) is 6.45. The maximum Gasteiger partial charge on any atom is 0.289 e. The number of benzene rings is 1. The number of rotatable bonds is 4. The van der Waals surface area contributed by atoms with Gasteiger partial charge in [0.1, 0.15) is 6.04 Å². The number of hydrogen-bond donors (Lipinski definition) is 1. The van der Waals surface area contributed by atoms with Crippen molar-refractivity contribution in [3.8, 4) is 0 Å². The van der Waals surface area contributed by atoms with Gasteiger partial charge in [-0.05, 0) is 24.6 Å². The van der Waals surface area contributed by atoms with E-state index >= 15 is 0 Å². The highest BCUT2D eigenvalue weighted by Crippen LogP contribution is 2.23. The normalized spacial score (nSPS) is 12.2. The molecule has 0 bridgehead atoms. The molecule has 0 aliphatic heterocycles. The molecule has 3 aromatic rings. The van der Waals surface area contributed by atoms with Gasteiger partial charge in [0.2, 0.25) is 11.7 Å². The number of amides is 1. The SMILES string of the molecule is Cc1nc(C(NC(=O)c2oc(C)nc2C)c2ccc(Cl)cc2)no1. The zero-order chi connectivity index (χ0) is 17.3. The maximum absolute atomic E-state index is 12.6. The van der Waals surface area contributed by atoms with E-state index in [1.807, 2.05) is 0 Å². The standard InChI is InChI=1S/C16H15ClN4O3/c1-8-14(23-9(2)18-8)16(22)20-13(15-19-10(3)24-21-15)11-4-6-12(17)7-5-11/h4-7,13H,1-3H3,(H,20,22). The fourth-order valence-electron chi connectivity index (χ4n) is 2.32. The minimum Gasteiger partial charge on any atom is -0.436 e. The van der Waals surface area contributed by atoms with Crippen LogP contribution in [0.2, 0.25) is 5.02 Å². The molecule has 124 valence electrons. The lowest BCUT2D eigenvalue weighted by molar-refractivity contribution is 0.0911. The van der Waals surface area contributed by atoms with Gasteiger partial charge in [0.15, 0.2) is 11.7 Å². The van der Waals surface area contributed by atoms with Gasteiger partial charge in [-0.2, -0.15) is 4.98 Å². The Morgan fingerprint density at radius 1 is 1.12 bits per heavy atom. The summed E-state index contributed by atoms with van der Waals surface area (Å²) < 4.78 is 10.4. The molecule has 0 saturated carbocycles. The summed E-state index contributed by atoms with van der Waals surface area (Å²) in [7, 11) is 0. The smallest absolute Gasteiger partial charge is 0.289 e. The van der Waals surface area contributed by atoms with Crippen LogP contribution in [0, 0.1) is 20.8 Å². The number of carbonyl (C=O) groups excluding carboxylic acids is 1. The summed E-state index contributed by atoms with van der Waals surface area (Å²) >= 11 is 5.93. The molecule has 0 aliphatic carbocycles. The summed E-state index contributed by atoms with van der Waals surface area (Å²) in [6, 6.07) is 6.44. The molecule has 2 aromatic heterocycles. The summed E-state index contributed by atoms with van der Waals surface area (Å²) in [6.07, 6.45) is 0. The first-order valence-corrected chi connectivity index (χ1v) is 7.62. The van der Waals surface area contributed by atoms with Crippen molar-refractivity contribution in [3.05, 3.63) is 63.9 Å². The largest absolute Gasteiger partial charge is 0.436 e. The van der Waals surface area contributed by atoms with Crippen LogP contribution >= 0.6 is 11.6 Å². The minimum absolute atomic E-state index is 0.159. The van der Waals surface area contributed by atoms with Gasteiger partial charge in [-0.25, -0.2) is 4.98 Å². The van der Waals surface area contributed by atoms with Crippen LogP contribution in [0.3, 0.4) is 0 Å². The first-order valence-electron chi connectivity index (χ1n) is 7.24. The number of halogens is 1. The van der Waals surface area contributed by atoms with E-state index in [0.717, 1.165) is 5.56 Å². The van der Waals surface area contributed by atoms with Crippen LogP contribution in [0.5, 0.6) is 0 Å². The van der Waals surface area contributed by atoms with E-state index in [-0.39, 0.29) is 5.76 Å². The average molecular weight is 347 g/mol. The molecule has 0 fully saturated rings. The molecule has 1 unspecified atom stereocenters. The Kier molecular flexibility index (Phi) is 4.35. The van der Waals surface area contributed by atoms with Crippen LogP contribution in [0.15, 0.2) is 33.2 Å². The fraction of sp³-hybridized carbons (Fsp3) is 0.250. The van der Waals surface area contributed by atoms with Gasteiger partial charge in [-0.3, -0.25) is 4.79 Å². The van der Waals surface area contributed by atoms with Crippen molar-refractivity contribution in [1.82, 2.24) is 20.4 Å². The van der Waals surface area contributed by atoms with Crippen molar-refractivity contribution in [1.29, 1.82) is 0 Å². The number of aromatic nitrogens is 3. The third kappa shape index (κ3) is 3.30. The number of oxazole rings is 1. The Balaban J connectivity index is 1.94. The molecule has 0 saturated heterocycles. The first-order chi connectivity index (χ1) is 11.4. The lowest BCUT2D eigenvalue weighted by atomic mass is 10.1. The van der Waals surface area contributed by atoms with E-state index in [9.17, 15) is 4.79 Å². The van der Waals surface area contributed by atoms with E-state index < -0.39 is 11.9 Å². The summed E-state index contributed by atoms with van der Waals surface area (Å²) in [4.78, 5) is 20.9. The van der Waals surface area contributed by atoms with Crippen molar-refractivity contribution in [3.63, 3.8) is 0 Å². The third-order valence-electron chi connectivity index (χ3n) is 3.39. The number of hydrogen-bond acceptors (Lipinski definition) is 6. The number of carbonyl (C=O) groups is 1. The molecule has 1 aromatic carbocycles. The van der Waals surface area contributed by atoms with E-state index in [2.05, 4.69) is 20.4 Å². The fourth-order valence-corrected chi connectivity index (χ4v) is 2.45. The Morgan fingerprint density at radius 2 is 1.83 bits per heavy atom. The quantitative estimate of drug-likeness (QED) is 0.779. The molecule has 7 nitrogen and oxygen atoms in total. The lowest BCUT2D eigenvalue weighted by Crippen LogP contribution is -2.30. The molecule has 2 heterocycles. The van der Waals surface area contributed by atoms with E-state index in [1.54, 1.807) is 45.0 Å². The second-order valence-corrected chi connectivity index (χ2v) is 5.71. The van der Waals surface area contributed by atoms with Crippen LogP contribution in [0.4, 0.5) is 0 Å². The predicted molar refractivity (Wildman–Crippen MR) is 85.8 cm³/mol. The highest BCUT2D eigenvalue weighted by molar-refractivity contribution is 6.30. The van der Waals surface area contributed by atoms with Crippen molar-refractivity contribution < 1.29 is 13.7 Å². The number of nitrogens with one attached hydrogen (secondary N) is 1. The monoisotopic (exact) mass is 346 g/mol. The second-order valence-electron chi connectivity index (χ2n) is 5.28. The van der Waals surface area contributed by atoms with Crippen LogP contribution in [-0.2, 0) is 0 Å². The molecule has 8 heteroatoms. The summed E-state index contributed by atoms with van der Waals surface area (Å²) in [5.74, 6) is 0.931. The van der Waals surface area contributed by atoms with Crippen molar-refractivity contribution >= 4 is 17.5 Å². The summed E-state index contributed by atoms with van der Waals surface area (Å²) in [5.41, 5.74) is 1.28. The predicted octanol–water partition coefficient (Wildman–Crippen LogP) is 3.16. The Labute approximate surface area is 143 Å². The highest BCUT2D eigenvalue weighted by Gasteiger charge is 2.25. The van der Waals surface area contributed by atoms with E-state index in [1.165, 1.54) is 0 Å². The first kappa shape index (κ1) is 16.2. The van der Waals surface area contributed by atoms with Crippen molar-refractivity contribution in [2.75, 3.05) is 0 Å². The molecule has 3 rings (SSSR count). The van der Waals surface area contributed by atoms with Gasteiger partial charge in [-0.15, -0.1) is 0 Å². The molecule has 1 N–H and O–H groups in total. The van der Waals surface area contributed by atoms with E-state index in [0.29, 0.717) is 28.3 Å². The molecule has 1 amide bonds. The number of aryl methyl sites for hydroxylation is 3. The zero-order valence-electron chi connectivity index (χ0n) is 13.3. The number of nitrogens with zero attached hydrogens (tertiary/aromatic N) is 3. The van der Waals surface area contributed by atoms with Gasteiger partial charge in [0, 0.05) is 18.9 Å². The van der Waals surface area contributed by atoms with Gasteiger partial charge >= 0.3 is 0 Å². The van der Waals surface area contributed by atoms with Gasteiger partial charge in [-0.1, -0.05) is 28.9 Å². The van der Waals surface area contributed by atoms with E-state index in [4.69, 9.17) is 20.5 Å². The average Bonchev–Trinajstić information content (AvgIpc) is 3.11. The molecular weight excluding hydrogens is 332 g/mol. The molecule has 0 aliphatic rings. The van der Waals surface area contributed by atoms with Crippen LogP contribution in [0.1, 0.15) is 45.5 Å². The van der Waals surface area contributed by atoms with Crippen LogP contribution < -0.4 is 5.32 Å². The topological polar surface area (TPSA) is 94.1 Å². The Morgan fingerprint density at radius 3 is 2.38 bits per heavy atom. The molecular formula is C16H15ClN4O3. The molecule has 1 atom stereocenters. The minimum atomic E-state index is -0.600. The molecule has 0 radical (unpaired) electrons. The molecule has 24 heavy (non-hydrogen) atoms. The van der Waals surface area contributed by atoms with Crippen molar-refractivity contribution in [2.24, 2.45) is 0 Å². The third-order valence-corrected chi connectivity index (χ3v) is 3.64. The van der Waals surface area contributed by atoms with Gasteiger partial charge < -0.3 is 14.3 Å². The Bertz CT molecular complexity index is 870. The Hall–Kier alpha value is -2.67. The van der Waals surface area contributed by atoms with Crippen LogP contribution in [-0.4, -0.2) is 21.0 Å². The van der Waals surface area contributed by atoms with Gasteiger partial charge in [0.05, 0.1) is 5.69 Å². The lowest BCUT2D eigenvalue weighted by Gasteiger charge is -2.15. The van der Waals surface area contributed by atoms with Gasteiger partial charge in [0.25, 0.3) is 5.91 Å². The maximum atomic E-state index is 12.6. The van der Waals surface area contributed by atoms with Crippen molar-refractivity contribution in [2.45, 2.75) is 26.8 Å². The summed E-state index contributed by atoms with van der Waals surface area (Å²) in [5, 5.41) is 7.35. The highest BCUT2D eigenvalue weighted by atomic mass is 35.5. The van der Waals surface area contributed by atoms with Crippen LogP contribution in [0.25, 0.3) is 0 Å². The zero-order valence-corrected chi connectivity index (χ0v) is 14.1.